The van der Waals surface area contributed by atoms with Crippen molar-refractivity contribution in [2.24, 2.45) is 5.92 Å². The Kier molecular flexibility index (Phi) is 4.01. The highest BCUT2D eigenvalue weighted by Gasteiger charge is 2.33. The maximum atomic E-state index is 13.8. The molecule has 6 nitrogen and oxygen atoms in total. The predicted octanol–water partition coefficient (Wildman–Crippen LogP) is 2.85. The first-order chi connectivity index (χ1) is 12.2. The smallest absolute Gasteiger partial charge is 0.340 e. The lowest BCUT2D eigenvalue weighted by Gasteiger charge is -2.22. The molecule has 1 saturated carbocycles. The van der Waals surface area contributed by atoms with Crippen LogP contribution in [0.4, 0.5) is 15.8 Å². The van der Waals surface area contributed by atoms with Gasteiger partial charge in [0.2, 0.25) is 0 Å². The van der Waals surface area contributed by atoms with Crippen molar-refractivity contribution in [1.82, 2.24) is 10.4 Å². The standard InChI is InChI=1S/C18H19FN4O2/c1-25-18(24)13-6-7-20-9-15(13)21-17-14-8-12(19)4-5-16(14)23(22-17)10-11-2-3-11/h4-9,11,17,21-22H,2-3,10H2,1H3. The van der Waals surface area contributed by atoms with E-state index in [1.165, 1.54) is 38.3 Å². The number of hydrogen-bond donors (Lipinski definition) is 2. The van der Waals surface area contributed by atoms with E-state index >= 15 is 0 Å². The summed E-state index contributed by atoms with van der Waals surface area (Å²) in [5, 5.41) is 5.30. The highest BCUT2D eigenvalue weighted by atomic mass is 19.1. The summed E-state index contributed by atoms with van der Waals surface area (Å²) in [5.41, 5.74) is 6.05. The number of carbonyl (C=O) groups is 1. The van der Waals surface area contributed by atoms with Gasteiger partial charge in [0.15, 0.2) is 0 Å². The second-order valence-corrected chi connectivity index (χ2v) is 6.38. The van der Waals surface area contributed by atoms with Gasteiger partial charge >= 0.3 is 5.97 Å². The Morgan fingerprint density at radius 1 is 1.44 bits per heavy atom. The molecule has 25 heavy (non-hydrogen) atoms. The average Bonchev–Trinajstić information content (AvgIpc) is 3.38. The van der Waals surface area contributed by atoms with Gasteiger partial charge in [-0.1, -0.05) is 0 Å². The number of hydrogen-bond acceptors (Lipinski definition) is 6. The summed E-state index contributed by atoms with van der Waals surface area (Å²) in [4.78, 5) is 16.0. The zero-order chi connectivity index (χ0) is 17.4. The number of pyridine rings is 1. The van der Waals surface area contributed by atoms with Crippen LogP contribution in [-0.2, 0) is 4.74 Å². The van der Waals surface area contributed by atoms with E-state index in [0.717, 1.165) is 17.8 Å². The van der Waals surface area contributed by atoms with Crippen LogP contribution in [0.15, 0.2) is 36.7 Å². The summed E-state index contributed by atoms with van der Waals surface area (Å²) in [6.45, 7) is 0.883. The van der Waals surface area contributed by atoms with Crippen LogP contribution in [0.3, 0.4) is 0 Å². The third-order valence-corrected chi connectivity index (χ3v) is 4.54. The van der Waals surface area contributed by atoms with Crippen LogP contribution in [0.1, 0.15) is 34.9 Å². The van der Waals surface area contributed by atoms with Crippen LogP contribution < -0.4 is 15.8 Å². The first-order valence-corrected chi connectivity index (χ1v) is 8.27. The second kappa shape index (κ2) is 6.33. The summed E-state index contributed by atoms with van der Waals surface area (Å²) in [5.74, 6) is -0.0645. The highest BCUT2D eigenvalue weighted by Crippen LogP contribution is 2.38. The minimum atomic E-state index is -0.447. The number of nitrogens with one attached hydrogen (secondary N) is 2. The number of fused-ring (bicyclic) bond motifs is 1. The van der Waals surface area contributed by atoms with Crippen molar-refractivity contribution in [3.8, 4) is 0 Å². The minimum Gasteiger partial charge on any atom is -0.465 e. The van der Waals surface area contributed by atoms with Crippen molar-refractivity contribution < 1.29 is 13.9 Å². The number of anilines is 2. The first kappa shape index (κ1) is 15.8. The van der Waals surface area contributed by atoms with Crippen molar-refractivity contribution in [2.45, 2.75) is 19.0 Å². The van der Waals surface area contributed by atoms with E-state index in [2.05, 4.69) is 20.7 Å². The number of rotatable bonds is 5. The Morgan fingerprint density at radius 2 is 2.28 bits per heavy atom. The number of hydrazine groups is 1. The Labute approximate surface area is 145 Å². The number of halogens is 1. The van der Waals surface area contributed by atoms with Gasteiger partial charge in [-0.05, 0) is 43.0 Å². The number of aromatic nitrogens is 1. The van der Waals surface area contributed by atoms with E-state index in [1.807, 2.05) is 0 Å². The molecule has 1 unspecified atom stereocenters. The fourth-order valence-corrected chi connectivity index (χ4v) is 3.07. The molecule has 0 bridgehead atoms. The third kappa shape index (κ3) is 3.15. The average molecular weight is 342 g/mol. The number of methoxy groups -OCH3 is 1. The zero-order valence-corrected chi connectivity index (χ0v) is 13.8. The SMILES string of the molecule is COC(=O)c1ccncc1NC1NN(CC2CC2)c2ccc(F)cc21. The van der Waals surface area contributed by atoms with E-state index in [-0.39, 0.29) is 12.0 Å². The van der Waals surface area contributed by atoms with Crippen LogP contribution in [0.2, 0.25) is 0 Å². The van der Waals surface area contributed by atoms with E-state index in [9.17, 15) is 9.18 Å². The molecule has 7 heteroatoms. The molecule has 4 rings (SSSR count). The highest BCUT2D eigenvalue weighted by molar-refractivity contribution is 5.95. The lowest BCUT2D eigenvalue weighted by atomic mass is 10.1. The van der Waals surface area contributed by atoms with E-state index < -0.39 is 5.97 Å². The summed E-state index contributed by atoms with van der Waals surface area (Å²) in [6.07, 6.45) is 5.20. The van der Waals surface area contributed by atoms with Gasteiger partial charge in [-0.15, -0.1) is 0 Å². The minimum absolute atomic E-state index is 0.292. The van der Waals surface area contributed by atoms with Crippen molar-refractivity contribution in [3.05, 3.63) is 53.6 Å². The number of benzene rings is 1. The molecule has 1 aliphatic heterocycles. The Balaban J connectivity index is 1.63. The monoisotopic (exact) mass is 342 g/mol. The molecule has 1 aromatic carbocycles. The fraction of sp³-hybridized carbons (Fsp3) is 0.333. The number of esters is 1. The number of nitrogens with zero attached hydrogens (tertiary/aromatic N) is 2. The molecule has 0 spiro atoms. The zero-order valence-electron chi connectivity index (χ0n) is 13.8. The molecular formula is C18H19FN4O2. The normalized spacial score (nSPS) is 18.8. The van der Waals surface area contributed by atoms with E-state index in [0.29, 0.717) is 17.2 Å². The Hall–Kier alpha value is -2.67. The summed E-state index contributed by atoms with van der Waals surface area (Å²) < 4.78 is 18.6. The van der Waals surface area contributed by atoms with E-state index in [1.54, 1.807) is 18.3 Å². The molecular weight excluding hydrogens is 323 g/mol. The van der Waals surface area contributed by atoms with Gasteiger partial charge in [0.25, 0.3) is 0 Å². The van der Waals surface area contributed by atoms with Crippen LogP contribution in [0.5, 0.6) is 0 Å². The molecule has 130 valence electrons. The summed E-state index contributed by atoms with van der Waals surface area (Å²) in [7, 11) is 1.34. The van der Waals surface area contributed by atoms with Gasteiger partial charge in [-0.3, -0.25) is 4.98 Å². The van der Waals surface area contributed by atoms with Gasteiger partial charge in [0, 0.05) is 18.3 Å². The van der Waals surface area contributed by atoms with Gasteiger partial charge in [-0.2, -0.15) is 0 Å². The first-order valence-electron chi connectivity index (χ1n) is 8.27. The molecule has 0 radical (unpaired) electrons. The molecule has 2 aromatic rings. The van der Waals surface area contributed by atoms with Crippen molar-refractivity contribution >= 4 is 17.3 Å². The lowest BCUT2D eigenvalue weighted by Crippen LogP contribution is -2.38. The van der Waals surface area contributed by atoms with Gasteiger partial charge in [-0.25, -0.2) is 14.6 Å². The Bertz CT molecular complexity index is 809. The molecule has 2 heterocycles. The number of carbonyl (C=O) groups excluding carboxylic acids is 1. The second-order valence-electron chi connectivity index (χ2n) is 6.38. The van der Waals surface area contributed by atoms with Crippen LogP contribution in [0.25, 0.3) is 0 Å². The molecule has 1 aromatic heterocycles. The van der Waals surface area contributed by atoms with Crippen molar-refractivity contribution in [1.29, 1.82) is 0 Å². The van der Waals surface area contributed by atoms with Crippen LogP contribution in [-0.4, -0.2) is 24.6 Å². The lowest BCUT2D eigenvalue weighted by molar-refractivity contribution is 0.0601. The Morgan fingerprint density at radius 3 is 3.04 bits per heavy atom. The molecule has 1 fully saturated rings. The molecule has 1 atom stereocenters. The van der Waals surface area contributed by atoms with E-state index in [4.69, 9.17) is 4.74 Å². The maximum absolute atomic E-state index is 13.8. The van der Waals surface area contributed by atoms with Gasteiger partial charge < -0.3 is 15.1 Å². The quantitative estimate of drug-likeness (QED) is 0.815. The molecule has 2 N–H and O–H groups in total. The van der Waals surface area contributed by atoms with Gasteiger partial charge in [0.1, 0.15) is 12.0 Å². The van der Waals surface area contributed by atoms with Crippen molar-refractivity contribution in [2.75, 3.05) is 24.0 Å². The molecule has 0 saturated heterocycles. The molecule has 2 aliphatic rings. The summed E-state index contributed by atoms with van der Waals surface area (Å²) in [6, 6.07) is 6.36. The van der Waals surface area contributed by atoms with Crippen molar-refractivity contribution in [3.63, 3.8) is 0 Å². The predicted molar refractivity (Wildman–Crippen MR) is 91.5 cm³/mol. The van der Waals surface area contributed by atoms with Crippen LogP contribution in [0, 0.1) is 11.7 Å². The maximum Gasteiger partial charge on any atom is 0.340 e. The van der Waals surface area contributed by atoms with Gasteiger partial charge in [0.05, 0.1) is 30.2 Å². The largest absolute Gasteiger partial charge is 0.465 e. The molecule has 1 aliphatic carbocycles. The fourth-order valence-electron chi connectivity index (χ4n) is 3.07. The third-order valence-electron chi connectivity index (χ3n) is 4.54. The van der Waals surface area contributed by atoms with Crippen LogP contribution >= 0.6 is 0 Å². The topological polar surface area (TPSA) is 66.5 Å². The molecule has 0 amide bonds. The number of ether oxygens (including phenoxy) is 1. The summed E-state index contributed by atoms with van der Waals surface area (Å²) >= 11 is 0.